The van der Waals surface area contributed by atoms with Gasteiger partial charge in [-0.3, -0.25) is 9.69 Å². The van der Waals surface area contributed by atoms with E-state index in [1.165, 1.54) is 25.7 Å². The lowest BCUT2D eigenvalue weighted by Crippen LogP contribution is -2.50. The number of aliphatic hydroxyl groups is 1. The van der Waals surface area contributed by atoms with E-state index in [2.05, 4.69) is 21.7 Å². The highest BCUT2D eigenvalue weighted by Crippen LogP contribution is 2.39. The van der Waals surface area contributed by atoms with E-state index < -0.39 is 0 Å². The molecule has 7 nitrogen and oxygen atoms in total. The molecule has 31 heavy (non-hydrogen) atoms. The molecule has 1 aromatic heterocycles. The summed E-state index contributed by atoms with van der Waals surface area (Å²) in [5.41, 5.74) is 1.40. The molecule has 1 N–H and O–H groups in total. The fourth-order valence-corrected chi connectivity index (χ4v) is 6.36. The van der Waals surface area contributed by atoms with E-state index in [0.29, 0.717) is 23.3 Å². The fourth-order valence-electron chi connectivity index (χ4n) is 6.36. The zero-order valence-electron chi connectivity index (χ0n) is 19.0. The molecule has 0 aromatic carbocycles. The molecule has 3 heterocycles. The summed E-state index contributed by atoms with van der Waals surface area (Å²) in [6.07, 6.45) is 8.79. The van der Waals surface area contributed by atoms with Crippen molar-refractivity contribution in [2.75, 3.05) is 44.2 Å². The maximum Gasteiger partial charge on any atom is 0.257 e. The first-order chi connectivity index (χ1) is 15.0. The van der Waals surface area contributed by atoms with E-state index in [-0.39, 0.29) is 12.0 Å². The van der Waals surface area contributed by atoms with Crippen LogP contribution in [0, 0.1) is 24.7 Å². The standard InChI is InChI=1S/C24H37N5O2/c1-16-11-18-14-29(15-19(18)12-22(16)30)23(31)21-13-25-24(26-17(21)2)28-9-7-27(8-10-28)20-5-3-4-6-20/h13,16,18-20,22,30H,3-12,14-15H2,1-2H3. The number of piperazine rings is 1. The van der Waals surface area contributed by atoms with E-state index in [1.807, 2.05) is 11.8 Å². The molecule has 2 aliphatic carbocycles. The van der Waals surface area contributed by atoms with Gasteiger partial charge < -0.3 is 14.9 Å². The topological polar surface area (TPSA) is 72.8 Å². The number of fused-ring (bicyclic) bond motifs is 1. The van der Waals surface area contributed by atoms with Crippen LogP contribution in [0.2, 0.25) is 0 Å². The molecule has 5 rings (SSSR count). The summed E-state index contributed by atoms with van der Waals surface area (Å²) in [5.74, 6) is 2.07. The largest absolute Gasteiger partial charge is 0.393 e. The smallest absolute Gasteiger partial charge is 0.257 e. The van der Waals surface area contributed by atoms with Crippen LogP contribution in [-0.2, 0) is 0 Å². The maximum atomic E-state index is 13.2. The third-order valence-corrected chi connectivity index (χ3v) is 8.37. The number of nitrogens with zero attached hydrogens (tertiary/aromatic N) is 5. The van der Waals surface area contributed by atoms with Gasteiger partial charge in [-0.1, -0.05) is 19.8 Å². The predicted octanol–water partition coefficient (Wildman–Crippen LogP) is 2.33. The number of amides is 1. The quantitative estimate of drug-likeness (QED) is 0.798. The molecule has 1 amide bonds. The Hall–Kier alpha value is -1.73. The zero-order valence-corrected chi connectivity index (χ0v) is 19.0. The number of carbonyl (C=O) groups is 1. The lowest BCUT2D eigenvalue weighted by Gasteiger charge is -2.38. The second-order valence-corrected chi connectivity index (χ2v) is 10.4. The molecule has 0 radical (unpaired) electrons. The van der Waals surface area contributed by atoms with Crippen molar-refractivity contribution >= 4 is 11.9 Å². The molecule has 0 bridgehead atoms. The van der Waals surface area contributed by atoms with Gasteiger partial charge in [0.15, 0.2) is 0 Å². The predicted molar refractivity (Wildman–Crippen MR) is 120 cm³/mol. The second-order valence-electron chi connectivity index (χ2n) is 10.4. The van der Waals surface area contributed by atoms with Crippen molar-refractivity contribution < 1.29 is 9.90 Å². The second kappa shape index (κ2) is 8.66. The Kier molecular flexibility index (Phi) is 5.90. The molecule has 0 spiro atoms. The van der Waals surface area contributed by atoms with Crippen LogP contribution in [0.5, 0.6) is 0 Å². The van der Waals surface area contributed by atoms with E-state index in [9.17, 15) is 9.90 Å². The van der Waals surface area contributed by atoms with E-state index >= 15 is 0 Å². The number of aliphatic hydroxyl groups excluding tert-OH is 1. The molecule has 4 atom stereocenters. The van der Waals surface area contributed by atoms with Crippen LogP contribution < -0.4 is 4.90 Å². The van der Waals surface area contributed by atoms with Gasteiger partial charge >= 0.3 is 0 Å². The SMILES string of the molecule is Cc1nc(N2CCN(C3CCCC3)CC2)ncc1C(=O)N1CC2CC(C)C(O)CC2C1. The van der Waals surface area contributed by atoms with Crippen molar-refractivity contribution in [3.05, 3.63) is 17.5 Å². The maximum absolute atomic E-state index is 13.2. The average Bonchev–Trinajstić information content (AvgIpc) is 3.44. The van der Waals surface area contributed by atoms with Gasteiger partial charge in [-0.05, 0) is 50.4 Å². The first kappa shape index (κ1) is 21.1. The molecule has 2 aliphatic heterocycles. The minimum atomic E-state index is -0.227. The highest BCUT2D eigenvalue weighted by atomic mass is 16.3. The van der Waals surface area contributed by atoms with E-state index in [0.717, 1.165) is 69.8 Å². The van der Waals surface area contributed by atoms with Crippen molar-refractivity contribution in [3.63, 3.8) is 0 Å². The number of aryl methyl sites for hydroxylation is 1. The summed E-state index contributed by atoms with van der Waals surface area (Å²) in [7, 11) is 0. The number of hydrogen-bond acceptors (Lipinski definition) is 6. The Bertz CT molecular complexity index is 785. The molecule has 170 valence electrons. The van der Waals surface area contributed by atoms with Crippen molar-refractivity contribution in [1.82, 2.24) is 19.8 Å². The third kappa shape index (κ3) is 4.19. The summed E-state index contributed by atoms with van der Waals surface area (Å²) in [4.78, 5) is 29.4. The Morgan fingerprint density at radius 1 is 1.06 bits per heavy atom. The Morgan fingerprint density at radius 2 is 1.74 bits per heavy atom. The molecule has 7 heteroatoms. The van der Waals surface area contributed by atoms with Gasteiger partial charge in [0.1, 0.15) is 0 Å². The molecule has 1 aromatic rings. The minimum Gasteiger partial charge on any atom is -0.393 e. The number of rotatable bonds is 3. The van der Waals surface area contributed by atoms with E-state index in [1.54, 1.807) is 6.20 Å². The number of aromatic nitrogens is 2. The summed E-state index contributed by atoms with van der Waals surface area (Å²) in [6.45, 7) is 9.67. The van der Waals surface area contributed by atoms with Crippen LogP contribution in [0.3, 0.4) is 0 Å². The van der Waals surface area contributed by atoms with Crippen LogP contribution in [-0.4, -0.2) is 82.2 Å². The lowest BCUT2D eigenvalue weighted by atomic mass is 9.75. The first-order valence-electron chi connectivity index (χ1n) is 12.3. The van der Waals surface area contributed by atoms with Crippen LogP contribution in [0.4, 0.5) is 5.95 Å². The Labute approximate surface area is 185 Å². The molecule has 2 saturated carbocycles. The molecular weight excluding hydrogens is 390 g/mol. The fraction of sp³-hybridized carbons (Fsp3) is 0.792. The van der Waals surface area contributed by atoms with Crippen LogP contribution in [0.15, 0.2) is 6.20 Å². The van der Waals surface area contributed by atoms with Crippen LogP contribution >= 0.6 is 0 Å². The van der Waals surface area contributed by atoms with Crippen LogP contribution in [0.25, 0.3) is 0 Å². The lowest BCUT2D eigenvalue weighted by molar-refractivity contribution is 0.0383. The van der Waals surface area contributed by atoms with Gasteiger partial charge in [-0.2, -0.15) is 0 Å². The molecule has 4 unspecified atom stereocenters. The number of carbonyl (C=O) groups excluding carboxylic acids is 1. The van der Waals surface area contributed by atoms with Gasteiger partial charge in [0, 0.05) is 51.5 Å². The monoisotopic (exact) mass is 427 g/mol. The van der Waals surface area contributed by atoms with Gasteiger partial charge in [0.05, 0.1) is 17.4 Å². The zero-order chi connectivity index (χ0) is 21.5. The summed E-state index contributed by atoms with van der Waals surface area (Å²) in [5, 5.41) is 10.2. The number of likely N-dealkylation sites (tertiary alicyclic amines) is 1. The van der Waals surface area contributed by atoms with Gasteiger partial charge in [0.25, 0.3) is 5.91 Å². The van der Waals surface area contributed by atoms with Gasteiger partial charge in [-0.25, -0.2) is 9.97 Å². The third-order valence-electron chi connectivity index (χ3n) is 8.37. The molecule has 2 saturated heterocycles. The van der Waals surface area contributed by atoms with Crippen molar-refractivity contribution in [2.24, 2.45) is 17.8 Å². The Balaban J connectivity index is 1.21. The molecule has 4 fully saturated rings. The van der Waals surface area contributed by atoms with E-state index in [4.69, 9.17) is 4.98 Å². The minimum absolute atomic E-state index is 0.0478. The average molecular weight is 428 g/mol. The summed E-state index contributed by atoms with van der Waals surface area (Å²) < 4.78 is 0. The van der Waals surface area contributed by atoms with Gasteiger partial charge in [0.2, 0.25) is 5.95 Å². The Morgan fingerprint density at radius 3 is 2.42 bits per heavy atom. The van der Waals surface area contributed by atoms with Crippen molar-refractivity contribution in [1.29, 1.82) is 0 Å². The summed E-state index contributed by atoms with van der Waals surface area (Å²) in [6, 6.07) is 0.776. The number of hydrogen-bond donors (Lipinski definition) is 1. The summed E-state index contributed by atoms with van der Waals surface area (Å²) >= 11 is 0. The molecule has 4 aliphatic rings. The van der Waals surface area contributed by atoms with Crippen LogP contribution in [0.1, 0.15) is 61.5 Å². The van der Waals surface area contributed by atoms with Crippen molar-refractivity contribution in [2.45, 2.75) is 64.5 Å². The highest BCUT2D eigenvalue weighted by molar-refractivity contribution is 5.95. The highest BCUT2D eigenvalue weighted by Gasteiger charge is 2.42. The first-order valence-corrected chi connectivity index (χ1v) is 12.3. The van der Waals surface area contributed by atoms with Gasteiger partial charge in [-0.15, -0.1) is 0 Å². The van der Waals surface area contributed by atoms with Crippen molar-refractivity contribution in [3.8, 4) is 0 Å². The normalized spacial score (nSPS) is 32.5. The molecular formula is C24H37N5O2. The number of anilines is 1.